The van der Waals surface area contributed by atoms with E-state index in [1.807, 2.05) is 0 Å². The molecule has 0 aliphatic rings. The number of rotatable bonds is 2. The van der Waals surface area contributed by atoms with E-state index in [4.69, 9.17) is 10.4 Å². The number of hydrogen-bond donors (Lipinski definition) is 1. The number of nitrogens with zero attached hydrogens (tertiary/aromatic N) is 2. The van der Waals surface area contributed by atoms with Gasteiger partial charge >= 0.3 is 5.97 Å². The quantitative estimate of drug-likeness (QED) is 0.468. The molecule has 0 unspecified atom stereocenters. The Morgan fingerprint density at radius 2 is 2.06 bits per heavy atom. The van der Waals surface area contributed by atoms with Crippen molar-refractivity contribution in [1.82, 2.24) is 0 Å². The zero-order valence-electron chi connectivity index (χ0n) is 8.51. The van der Waals surface area contributed by atoms with Crippen molar-refractivity contribution in [3.05, 3.63) is 39.4 Å². The van der Waals surface area contributed by atoms with Crippen molar-refractivity contribution in [2.24, 2.45) is 0 Å². The number of carboxylic acid groups (broad SMARTS) is 1. The summed E-state index contributed by atoms with van der Waals surface area (Å²) in [5.41, 5.74) is 0.111. The van der Waals surface area contributed by atoms with Gasteiger partial charge in [-0.05, 0) is 6.07 Å². The van der Waals surface area contributed by atoms with Gasteiger partial charge in [0.05, 0.1) is 16.6 Å². The molecule has 0 spiro atoms. The van der Waals surface area contributed by atoms with Gasteiger partial charge in [-0.15, -0.1) is 0 Å². The van der Waals surface area contributed by atoms with E-state index in [2.05, 4.69) is 11.8 Å². The fraction of sp³-hybridized carbons (Fsp3) is 0.0909. The minimum Gasteiger partial charge on any atom is -0.481 e. The number of aliphatic carboxylic acids is 1. The molecular formula is C11H6N2O4. The summed E-state index contributed by atoms with van der Waals surface area (Å²) >= 11 is 0. The first kappa shape index (κ1) is 12.2. The fourth-order valence-electron chi connectivity index (χ4n) is 1.08. The molecule has 0 aliphatic carbocycles. The van der Waals surface area contributed by atoms with Gasteiger partial charge in [-0.25, -0.2) is 0 Å². The Kier molecular flexibility index (Phi) is 3.80. The minimum absolute atomic E-state index is 0.110. The summed E-state index contributed by atoms with van der Waals surface area (Å²) in [6.45, 7) is 0. The summed E-state index contributed by atoms with van der Waals surface area (Å²) in [5, 5.41) is 27.6. The zero-order valence-corrected chi connectivity index (χ0v) is 8.51. The average Bonchev–Trinajstić information content (AvgIpc) is 2.28. The summed E-state index contributed by atoms with van der Waals surface area (Å²) in [6.07, 6.45) is -0.357. The van der Waals surface area contributed by atoms with E-state index in [0.29, 0.717) is 0 Å². The molecule has 0 fully saturated rings. The number of benzene rings is 1. The topological polar surface area (TPSA) is 104 Å². The van der Waals surface area contributed by atoms with Crippen LogP contribution in [0.15, 0.2) is 18.2 Å². The Morgan fingerprint density at radius 3 is 2.59 bits per heavy atom. The lowest BCUT2D eigenvalue weighted by molar-refractivity contribution is -0.384. The van der Waals surface area contributed by atoms with Gasteiger partial charge in [-0.1, -0.05) is 11.8 Å². The van der Waals surface area contributed by atoms with Crippen LogP contribution >= 0.6 is 0 Å². The molecule has 0 bridgehead atoms. The third kappa shape index (κ3) is 3.65. The maximum Gasteiger partial charge on any atom is 0.315 e. The molecule has 0 radical (unpaired) electrons. The largest absolute Gasteiger partial charge is 0.481 e. The van der Waals surface area contributed by atoms with Gasteiger partial charge in [0.25, 0.3) is 5.69 Å². The highest BCUT2D eigenvalue weighted by atomic mass is 16.6. The molecule has 0 heterocycles. The van der Waals surface area contributed by atoms with E-state index >= 15 is 0 Å². The van der Waals surface area contributed by atoms with E-state index in [0.717, 1.165) is 6.07 Å². The predicted molar refractivity (Wildman–Crippen MR) is 56.9 cm³/mol. The molecular weight excluding hydrogens is 224 g/mol. The first-order valence-corrected chi connectivity index (χ1v) is 4.43. The standard InChI is InChI=1S/C11H6N2O4/c12-7-9-4-8(2-1-3-11(14)15)5-10(6-9)13(16)17/h4-6H,3H2,(H,14,15). The van der Waals surface area contributed by atoms with Crippen molar-refractivity contribution in [2.45, 2.75) is 6.42 Å². The summed E-state index contributed by atoms with van der Waals surface area (Å²) < 4.78 is 0. The molecule has 0 aliphatic heterocycles. The van der Waals surface area contributed by atoms with E-state index in [-0.39, 0.29) is 23.2 Å². The summed E-state index contributed by atoms with van der Waals surface area (Å²) in [4.78, 5) is 20.1. The van der Waals surface area contributed by atoms with Gasteiger partial charge < -0.3 is 5.11 Å². The molecule has 1 aromatic rings. The highest BCUT2D eigenvalue weighted by Gasteiger charge is 2.08. The van der Waals surface area contributed by atoms with Crippen molar-refractivity contribution in [3.63, 3.8) is 0 Å². The molecule has 1 N–H and O–H groups in total. The summed E-state index contributed by atoms with van der Waals surface area (Å²) in [5.74, 6) is 3.72. The minimum atomic E-state index is -1.08. The Balaban J connectivity index is 3.11. The van der Waals surface area contributed by atoms with Crippen LogP contribution in [0, 0.1) is 33.3 Å². The number of nitro groups is 1. The van der Waals surface area contributed by atoms with Crippen LogP contribution in [0.25, 0.3) is 0 Å². The second-order valence-corrected chi connectivity index (χ2v) is 3.01. The van der Waals surface area contributed by atoms with Crippen molar-refractivity contribution in [1.29, 1.82) is 5.26 Å². The molecule has 0 atom stereocenters. The maximum atomic E-state index is 10.6. The number of nitro benzene ring substituents is 1. The first-order valence-electron chi connectivity index (χ1n) is 4.43. The molecule has 0 amide bonds. The number of hydrogen-bond acceptors (Lipinski definition) is 4. The number of carboxylic acids is 1. The third-order valence-corrected chi connectivity index (χ3v) is 1.73. The average molecular weight is 230 g/mol. The fourth-order valence-corrected chi connectivity index (χ4v) is 1.08. The Labute approximate surface area is 96.3 Å². The van der Waals surface area contributed by atoms with E-state index in [9.17, 15) is 14.9 Å². The molecule has 1 rings (SSSR count). The van der Waals surface area contributed by atoms with Crippen LogP contribution in [-0.4, -0.2) is 16.0 Å². The highest BCUT2D eigenvalue weighted by Crippen LogP contribution is 2.16. The van der Waals surface area contributed by atoms with Gasteiger partial charge in [0, 0.05) is 17.7 Å². The SMILES string of the molecule is N#Cc1cc(C#CCC(=O)O)cc([N+](=O)[O-])c1. The smallest absolute Gasteiger partial charge is 0.315 e. The molecule has 84 valence electrons. The lowest BCUT2D eigenvalue weighted by Gasteiger charge is -1.94. The maximum absolute atomic E-state index is 10.6. The van der Waals surface area contributed by atoms with Crippen molar-refractivity contribution in [3.8, 4) is 17.9 Å². The van der Waals surface area contributed by atoms with Crippen molar-refractivity contribution >= 4 is 11.7 Å². The summed E-state index contributed by atoms with van der Waals surface area (Å²) in [6, 6.07) is 5.45. The predicted octanol–water partition coefficient (Wildman–Crippen LogP) is 1.29. The molecule has 1 aromatic carbocycles. The van der Waals surface area contributed by atoms with Gasteiger partial charge in [0.2, 0.25) is 0 Å². The zero-order chi connectivity index (χ0) is 12.8. The highest BCUT2D eigenvalue weighted by molar-refractivity contribution is 5.70. The third-order valence-electron chi connectivity index (χ3n) is 1.73. The van der Waals surface area contributed by atoms with Crippen molar-refractivity contribution < 1.29 is 14.8 Å². The van der Waals surface area contributed by atoms with Crippen molar-refractivity contribution in [2.75, 3.05) is 0 Å². The van der Waals surface area contributed by atoms with Crippen LogP contribution in [0.1, 0.15) is 17.5 Å². The van der Waals surface area contributed by atoms with Gasteiger partial charge in [-0.2, -0.15) is 5.26 Å². The second-order valence-electron chi connectivity index (χ2n) is 3.01. The Hall–Kier alpha value is -2.86. The molecule has 17 heavy (non-hydrogen) atoms. The van der Waals surface area contributed by atoms with Crippen LogP contribution in [0.3, 0.4) is 0 Å². The van der Waals surface area contributed by atoms with E-state index in [1.54, 1.807) is 6.07 Å². The van der Waals surface area contributed by atoms with Crippen LogP contribution in [0.4, 0.5) is 5.69 Å². The van der Waals surface area contributed by atoms with Crippen LogP contribution < -0.4 is 0 Å². The summed E-state index contributed by atoms with van der Waals surface area (Å²) in [7, 11) is 0. The van der Waals surface area contributed by atoms with E-state index in [1.165, 1.54) is 12.1 Å². The normalized spacial score (nSPS) is 8.65. The number of nitriles is 1. The van der Waals surface area contributed by atoms with Gasteiger partial charge in [0.1, 0.15) is 6.42 Å². The van der Waals surface area contributed by atoms with Crippen LogP contribution in [0.5, 0.6) is 0 Å². The Bertz CT molecular complexity index is 575. The van der Waals surface area contributed by atoms with Crippen LogP contribution in [-0.2, 0) is 4.79 Å². The molecule has 0 saturated carbocycles. The first-order chi connectivity index (χ1) is 8.02. The van der Waals surface area contributed by atoms with Crippen LogP contribution in [0.2, 0.25) is 0 Å². The van der Waals surface area contributed by atoms with Gasteiger partial charge in [0.15, 0.2) is 0 Å². The lowest BCUT2D eigenvalue weighted by Crippen LogP contribution is -1.92. The molecule has 0 aromatic heterocycles. The molecule has 6 heteroatoms. The number of non-ortho nitro benzene ring substituents is 1. The van der Waals surface area contributed by atoms with Gasteiger partial charge in [-0.3, -0.25) is 14.9 Å². The second kappa shape index (κ2) is 5.29. The molecule has 6 nitrogen and oxygen atoms in total. The van der Waals surface area contributed by atoms with E-state index < -0.39 is 10.9 Å². The lowest BCUT2D eigenvalue weighted by atomic mass is 10.1. The Morgan fingerprint density at radius 1 is 1.41 bits per heavy atom. The monoisotopic (exact) mass is 230 g/mol. The number of carbonyl (C=O) groups is 1. The molecule has 0 saturated heterocycles.